The van der Waals surface area contributed by atoms with E-state index >= 15 is 0 Å². The summed E-state index contributed by atoms with van der Waals surface area (Å²) in [5, 5.41) is 14.0. The number of nitrogens with one attached hydrogen (secondary N) is 1. The maximum Gasteiger partial charge on any atom is 0.282 e. The van der Waals surface area contributed by atoms with E-state index in [0.717, 1.165) is 30.1 Å². The normalized spacial score (nSPS) is 19.4. The highest BCUT2D eigenvalue weighted by Crippen LogP contribution is 2.25. The van der Waals surface area contributed by atoms with Crippen LogP contribution in [0.1, 0.15) is 35.3 Å². The van der Waals surface area contributed by atoms with Crippen LogP contribution < -0.4 is 5.32 Å². The van der Waals surface area contributed by atoms with Gasteiger partial charge >= 0.3 is 0 Å². The molecule has 7 nitrogen and oxygen atoms in total. The Balaban J connectivity index is 1.60. The molecule has 30 heavy (non-hydrogen) atoms. The lowest BCUT2D eigenvalue weighted by Gasteiger charge is -2.35. The molecule has 3 rings (SSSR count). The number of nitro benzene ring substituents is 1. The van der Waals surface area contributed by atoms with Crippen LogP contribution in [0.5, 0.6) is 0 Å². The molecular formula is C22H27N3O4S. The number of morpholine rings is 1. The third kappa shape index (κ3) is 5.81. The van der Waals surface area contributed by atoms with Crippen LogP contribution >= 0.6 is 11.8 Å². The molecule has 1 saturated heterocycles. The van der Waals surface area contributed by atoms with Crippen LogP contribution in [0.25, 0.3) is 0 Å². The zero-order valence-corrected chi connectivity index (χ0v) is 18.3. The second kappa shape index (κ2) is 10.1. The molecule has 1 aliphatic heterocycles. The third-order valence-corrected chi connectivity index (χ3v) is 5.75. The van der Waals surface area contributed by atoms with Gasteiger partial charge < -0.3 is 10.1 Å². The molecule has 2 aromatic rings. The number of carbonyl (C=O) groups is 1. The average Bonchev–Trinajstić information content (AvgIpc) is 2.71. The van der Waals surface area contributed by atoms with E-state index < -0.39 is 10.8 Å². The Bertz CT molecular complexity index is 894. The van der Waals surface area contributed by atoms with Crippen molar-refractivity contribution >= 4 is 23.4 Å². The monoisotopic (exact) mass is 429 g/mol. The lowest BCUT2D eigenvalue weighted by molar-refractivity contribution is -0.385. The van der Waals surface area contributed by atoms with Gasteiger partial charge in [0.25, 0.3) is 11.6 Å². The molecule has 0 radical (unpaired) electrons. The predicted molar refractivity (Wildman–Crippen MR) is 118 cm³/mol. The molecule has 1 fully saturated rings. The van der Waals surface area contributed by atoms with Gasteiger partial charge in [0.05, 0.1) is 17.1 Å². The lowest BCUT2D eigenvalue weighted by atomic mass is 10.1. The molecule has 8 heteroatoms. The molecule has 0 spiro atoms. The summed E-state index contributed by atoms with van der Waals surface area (Å²) in [5.41, 5.74) is 2.04. The van der Waals surface area contributed by atoms with E-state index in [2.05, 4.69) is 36.2 Å². The van der Waals surface area contributed by atoms with E-state index in [-0.39, 0.29) is 23.5 Å². The number of hydrogen-bond donors (Lipinski definition) is 1. The molecule has 2 unspecified atom stereocenters. The number of thioether (sulfide) groups is 1. The highest BCUT2D eigenvalue weighted by atomic mass is 32.2. The number of rotatable bonds is 7. The number of amides is 1. The molecule has 2 atom stereocenters. The minimum absolute atomic E-state index is 0.0824. The zero-order chi connectivity index (χ0) is 21.7. The van der Waals surface area contributed by atoms with Gasteiger partial charge in [-0.05, 0) is 43.4 Å². The zero-order valence-electron chi connectivity index (χ0n) is 17.5. The molecule has 160 valence electrons. The maximum atomic E-state index is 12.6. The van der Waals surface area contributed by atoms with Crippen LogP contribution in [0.4, 0.5) is 5.69 Å². The Morgan fingerprint density at radius 3 is 2.40 bits per heavy atom. The van der Waals surface area contributed by atoms with Crippen LogP contribution in [0.15, 0.2) is 47.4 Å². The van der Waals surface area contributed by atoms with Crippen molar-refractivity contribution in [2.75, 3.05) is 19.3 Å². The first kappa shape index (κ1) is 22.3. The third-order valence-electron chi connectivity index (χ3n) is 5.02. The molecule has 0 aromatic heterocycles. The van der Waals surface area contributed by atoms with E-state index in [0.29, 0.717) is 6.54 Å². The fraction of sp³-hybridized carbons (Fsp3) is 0.409. The van der Waals surface area contributed by atoms with Gasteiger partial charge in [-0.15, -0.1) is 11.8 Å². The summed E-state index contributed by atoms with van der Waals surface area (Å²) in [5.74, 6) is -0.446. The van der Waals surface area contributed by atoms with Crippen molar-refractivity contribution in [1.82, 2.24) is 10.2 Å². The maximum absolute atomic E-state index is 12.6. The summed E-state index contributed by atoms with van der Waals surface area (Å²) in [7, 11) is 0. The SMILES string of the molecule is CSc1ccc([N+](=O)[O-])c(C(=O)NCc2ccc(CN3CC(C)OC(C)C3)cc2)c1. The Kier molecular flexibility index (Phi) is 7.47. The van der Waals surface area contributed by atoms with Crippen molar-refractivity contribution in [1.29, 1.82) is 0 Å². The standard InChI is InChI=1S/C22H27N3O4S/c1-15-12-24(13-16(2)29-15)14-18-6-4-17(5-7-18)11-23-22(26)20-10-19(30-3)8-9-21(20)25(27)28/h4-10,15-16H,11-14H2,1-3H3,(H,23,26). The van der Waals surface area contributed by atoms with E-state index in [1.807, 2.05) is 18.4 Å². The fourth-order valence-corrected chi connectivity index (χ4v) is 4.13. The summed E-state index contributed by atoms with van der Waals surface area (Å²) in [6.45, 7) is 7.18. The summed E-state index contributed by atoms with van der Waals surface area (Å²) in [6.07, 6.45) is 2.33. The van der Waals surface area contributed by atoms with Crippen LogP contribution in [0.2, 0.25) is 0 Å². The molecule has 0 bridgehead atoms. The van der Waals surface area contributed by atoms with Crippen molar-refractivity contribution in [2.24, 2.45) is 0 Å². The second-order valence-corrected chi connectivity index (χ2v) is 8.47. The lowest BCUT2D eigenvalue weighted by Crippen LogP contribution is -2.44. The minimum Gasteiger partial charge on any atom is -0.373 e. The molecule has 1 heterocycles. The van der Waals surface area contributed by atoms with Gasteiger partial charge in [-0.3, -0.25) is 19.8 Å². The number of carbonyl (C=O) groups excluding carboxylic acids is 1. The van der Waals surface area contributed by atoms with Gasteiger partial charge in [-0.25, -0.2) is 0 Å². The summed E-state index contributed by atoms with van der Waals surface area (Å²) in [4.78, 5) is 26.5. The first-order valence-corrected chi connectivity index (χ1v) is 11.1. The molecule has 1 N–H and O–H groups in total. The van der Waals surface area contributed by atoms with E-state index in [9.17, 15) is 14.9 Å². The molecule has 1 aliphatic rings. The fourth-order valence-electron chi connectivity index (χ4n) is 3.69. The highest BCUT2D eigenvalue weighted by molar-refractivity contribution is 7.98. The van der Waals surface area contributed by atoms with Crippen molar-refractivity contribution < 1.29 is 14.5 Å². The number of benzene rings is 2. The molecule has 0 aliphatic carbocycles. The Morgan fingerprint density at radius 1 is 1.17 bits per heavy atom. The van der Waals surface area contributed by atoms with Crippen LogP contribution in [-0.4, -0.2) is 47.3 Å². The topological polar surface area (TPSA) is 84.7 Å². The molecule has 0 saturated carbocycles. The van der Waals surface area contributed by atoms with E-state index in [4.69, 9.17) is 4.74 Å². The number of ether oxygens (including phenoxy) is 1. The largest absolute Gasteiger partial charge is 0.373 e. The molecule has 2 aromatic carbocycles. The number of nitro groups is 1. The van der Waals surface area contributed by atoms with Gasteiger partial charge in [0.1, 0.15) is 5.56 Å². The van der Waals surface area contributed by atoms with E-state index in [1.165, 1.54) is 23.4 Å². The Labute approximate surface area is 180 Å². The first-order chi connectivity index (χ1) is 14.4. The summed E-state index contributed by atoms with van der Waals surface area (Å²) >= 11 is 1.44. The summed E-state index contributed by atoms with van der Waals surface area (Å²) in [6, 6.07) is 12.7. The van der Waals surface area contributed by atoms with Crippen LogP contribution in [0.3, 0.4) is 0 Å². The van der Waals surface area contributed by atoms with Crippen molar-refractivity contribution in [2.45, 2.75) is 44.0 Å². The Hall–Kier alpha value is -2.42. The summed E-state index contributed by atoms with van der Waals surface area (Å²) < 4.78 is 5.78. The van der Waals surface area contributed by atoms with Crippen LogP contribution in [-0.2, 0) is 17.8 Å². The van der Waals surface area contributed by atoms with Crippen molar-refractivity contribution in [3.8, 4) is 0 Å². The molecule has 1 amide bonds. The van der Waals surface area contributed by atoms with Crippen molar-refractivity contribution in [3.63, 3.8) is 0 Å². The van der Waals surface area contributed by atoms with Crippen molar-refractivity contribution in [3.05, 3.63) is 69.3 Å². The van der Waals surface area contributed by atoms with Gasteiger partial charge in [0.15, 0.2) is 0 Å². The molecular weight excluding hydrogens is 402 g/mol. The van der Waals surface area contributed by atoms with Crippen LogP contribution in [0, 0.1) is 10.1 Å². The Morgan fingerprint density at radius 2 is 1.80 bits per heavy atom. The number of nitrogens with zero attached hydrogens (tertiary/aromatic N) is 2. The quantitative estimate of drug-likeness (QED) is 0.409. The predicted octanol–water partition coefficient (Wildman–Crippen LogP) is 3.86. The van der Waals surface area contributed by atoms with Gasteiger partial charge in [-0.1, -0.05) is 24.3 Å². The van der Waals surface area contributed by atoms with Gasteiger partial charge in [0.2, 0.25) is 0 Å². The first-order valence-electron chi connectivity index (χ1n) is 9.92. The van der Waals surface area contributed by atoms with Gasteiger partial charge in [-0.2, -0.15) is 0 Å². The number of hydrogen-bond acceptors (Lipinski definition) is 6. The smallest absolute Gasteiger partial charge is 0.282 e. The minimum atomic E-state index is -0.527. The van der Waals surface area contributed by atoms with Gasteiger partial charge in [0, 0.05) is 37.1 Å². The second-order valence-electron chi connectivity index (χ2n) is 7.59. The highest BCUT2D eigenvalue weighted by Gasteiger charge is 2.22. The van der Waals surface area contributed by atoms with E-state index in [1.54, 1.807) is 12.1 Å². The average molecular weight is 430 g/mol.